The number of aromatic nitrogens is 1. The topological polar surface area (TPSA) is 149 Å². The number of aliphatic hydroxyl groups excluding tert-OH is 1. The summed E-state index contributed by atoms with van der Waals surface area (Å²) in [5, 5.41) is 11.5. The molecule has 48 heavy (non-hydrogen) atoms. The highest BCUT2D eigenvalue weighted by Gasteiger charge is 2.53. The molecule has 1 aromatic heterocycles. The number of hydrazine groups is 1. The molecule has 1 aromatic carbocycles. The van der Waals surface area contributed by atoms with Gasteiger partial charge in [0.05, 0.1) is 52.5 Å². The van der Waals surface area contributed by atoms with E-state index in [4.69, 9.17) is 19.0 Å². The van der Waals surface area contributed by atoms with Gasteiger partial charge in [-0.25, -0.2) is 10.4 Å². The molecule has 0 amide bonds. The summed E-state index contributed by atoms with van der Waals surface area (Å²) in [4.78, 5) is 50.5. The van der Waals surface area contributed by atoms with Crippen molar-refractivity contribution in [2.75, 3.05) is 13.7 Å². The molecule has 0 spiro atoms. The van der Waals surface area contributed by atoms with E-state index in [2.05, 4.69) is 29.5 Å². The van der Waals surface area contributed by atoms with Gasteiger partial charge in [0, 0.05) is 25.3 Å². The smallest absolute Gasteiger partial charge is 0.310 e. The van der Waals surface area contributed by atoms with Crippen molar-refractivity contribution in [2.45, 2.75) is 122 Å². The Labute approximate surface area is 288 Å². The summed E-state index contributed by atoms with van der Waals surface area (Å²) >= 11 is 1.54. The molecule has 0 aliphatic carbocycles. The second kappa shape index (κ2) is 17.3. The standard InChI is InChI=1S/C36H53N3O8S/c1-7-12-25-33(42)23(2)13-11-17-36(5)30(47-36)20-27(24-15-16-28-26(19-24)37-22-48-28)45-32(41)21-29(35(3,4)34(25)43)46-31(40)14-9-8-10-18-38-39-44-6/h7,15-16,19,22-23,25,27,29-30,33,38-39,42H,1,8-14,17-18,20-21H2,2-6H3/t23-,25+,27-,29-,30-,33-,36+/m0/s1. The number of benzene rings is 1. The van der Waals surface area contributed by atoms with Crippen molar-refractivity contribution in [3.8, 4) is 0 Å². The number of esters is 2. The van der Waals surface area contributed by atoms with Crippen molar-refractivity contribution in [1.29, 1.82) is 0 Å². The predicted octanol–water partition coefficient (Wildman–Crippen LogP) is 5.91. The van der Waals surface area contributed by atoms with Crippen molar-refractivity contribution >= 4 is 39.3 Å². The number of aliphatic hydroxyl groups is 1. The number of rotatable bonds is 12. The van der Waals surface area contributed by atoms with Gasteiger partial charge in [0.2, 0.25) is 0 Å². The number of thiazole rings is 1. The summed E-state index contributed by atoms with van der Waals surface area (Å²) in [7, 11) is 1.51. The predicted molar refractivity (Wildman–Crippen MR) is 184 cm³/mol. The quantitative estimate of drug-likeness (QED) is 0.0804. The van der Waals surface area contributed by atoms with Crippen LogP contribution in [0, 0.1) is 17.3 Å². The number of nitrogens with one attached hydrogen (secondary N) is 2. The molecular weight excluding hydrogens is 634 g/mol. The first kappa shape index (κ1) is 38.1. The number of epoxide rings is 1. The number of cyclic esters (lactones) is 1. The fourth-order valence-corrected chi connectivity index (χ4v) is 7.35. The number of hydrogen-bond donors (Lipinski definition) is 3. The third-order valence-electron chi connectivity index (χ3n) is 9.97. The number of ether oxygens (including phenoxy) is 3. The van der Waals surface area contributed by atoms with E-state index in [0.717, 1.165) is 41.5 Å². The van der Waals surface area contributed by atoms with Crippen LogP contribution in [0.2, 0.25) is 0 Å². The largest absolute Gasteiger partial charge is 0.461 e. The Morgan fingerprint density at radius 1 is 1.23 bits per heavy atom. The molecule has 2 saturated heterocycles. The second-order valence-corrected chi connectivity index (χ2v) is 14.9. The summed E-state index contributed by atoms with van der Waals surface area (Å²) in [6.45, 7) is 11.9. The van der Waals surface area contributed by atoms with Gasteiger partial charge in [-0.2, -0.15) is 0 Å². The van der Waals surface area contributed by atoms with Crippen molar-refractivity contribution in [3.63, 3.8) is 0 Å². The molecule has 11 nitrogen and oxygen atoms in total. The number of ketones is 1. The number of fused-ring (bicyclic) bond motifs is 2. The minimum Gasteiger partial charge on any atom is -0.461 e. The summed E-state index contributed by atoms with van der Waals surface area (Å²) < 4.78 is 19.4. The fourth-order valence-electron chi connectivity index (χ4n) is 6.69. The van der Waals surface area contributed by atoms with Gasteiger partial charge in [0.25, 0.3) is 0 Å². The van der Waals surface area contributed by atoms with Crippen LogP contribution in [0.4, 0.5) is 0 Å². The Hall–Kier alpha value is -2.74. The van der Waals surface area contributed by atoms with Gasteiger partial charge in [-0.15, -0.1) is 23.5 Å². The number of allylic oxidation sites excluding steroid dienone is 1. The van der Waals surface area contributed by atoms with E-state index in [-0.39, 0.29) is 42.7 Å². The Bertz CT molecular complexity index is 1400. The van der Waals surface area contributed by atoms with Gasteiger partial charge in [-0.3, -0.25) is 19.2 Å². The summed E-state index contributed by atoms with van der Waals surface area (Å²) in [5.74, 6) is -2.30. The molecule has 2 fully saturated rings. The number of hydrogen-bond acceptors (Lipinski definition) is 12. The fraction of sp³-hybridized carbons (Fsp3) is 0.667. The maximum atomic E-state index is 14.3. The summed E-state index contributed by atoms with van der Waals surface area (Å²) in [6, 6.07) is 5.87. The van der Waals surface area contributed by atoms with Crippen molar-refractivity contribution in [1.82, 2.24) is 16.0 Å². The molecule has 2 aliphatic heterocycles. The van der Waals surface area contributed by atoms with Gasteiger partial charge in [-0.05, 0) is 76.5 Å². The number of carbonyl (C=O) groups is 3. The Morgan fingerprint density at radius 3 is 2.77 bits per heavy atom. The first-order valence-corrected chi connectivity index (χ1v) is 18.0. The van der Waals surface area contributed by atoms with E-state index in [0.29, 0.717) is 25.8 Å². The molecule has 3 N–H and O–H groups in total. The van der Waals surface area contributed by atoms with Crippen LogP contribution in [0.3, 0.4) is 0 Å². The molecule has 0 bridgehead atoms. The average Bonchev–Trinajstić information content (AvgIpc) is 3.44. The van der Waals surface area contributed by atoms with Crippen LogP contribution in [0.1, 0.15) is 104 Å². The van der Waals surface area contributed by atoms with Crippen LogP contribution in [0.15, 0.2) is 36.4 Å². The highest BCUT2D eigenvalue weighted by atomic mass is 32.1. The molecule has 0 saturated carbocycles. The Balaban J connectivity index is 1.59. The van der Waals surface area contributed by atoms with E-state index in [1.807, 2.05) is 25.1 Å². The molecular formula is C36H53N3O8S. The van der Waals surface area contributed by atoms with Gasteiger partial charge >= 0.3 is 11.9 Å². The minimum absolute atomic E-state index is 0.116. The summed E-state index contributed by atoms with van der Waals surface area (Å²) in [6.07, 6.45) is 3.84. The zero-order valence-electron chi connectivity index (χ0n) is 29.0. The third kappa shape index (κ3) is 9.92. The van der Waals surface area contributed by atoms with Gasteiger partial charge in [0.1, 0.15) is 18.0 Å². The first-order valence-electron chi connectivity index (χ1n) is 17.1. The highest BCUT2D eigenvalue weighted by molar-refractivity contribution is 7.16. The molecule has 0 radical (unpaired) electrons. The lowest BCUT2D eigenvalue weighted by Crippen LogP contribution is -2.48. The van der Waals surface area contributed by atoms with Crippen LogP contribution >= 0.6 is 11.3 Å². The number of Topliss-reactive ketones (excluding diaryl/α,β-unsaturated/α-hetero) is 1. The Kier molecular flexibility index (Phi) is 13.7. The number of unbranched alkanes of at least 4 members (excludes halogenated alkanes) is 2. The lowest BCUT2D eigenvalue weighted by Gasteiger charge is -2.37. The van der Waals surface area contributed by atoms with Crippen molar-refractivity contribution in [2.24, 2.45) is 17.3 Å². The van der Waals surface area contributed by atoms with Crippen LogP contribution in [-0.4, -0.2) is 65.4 Å². The first-order chi connectivity index (χ1) is 22.9. The monoisotopic (exact) mass is 687 g/mol. The maximum Gasteiger partial charge on any atom is 0.310 e. The molecule has 0 unspecified atom stereocenters. The van der Waals surface area contributed by atoms with E-state index >= 15 is 0 Å². The normalized spacial score (nSPS) is 30.0. The SMILES string of the molecule is C=CC[C@H]1C(=O)C(C)(C)[C@@H](OC(=O)CCCCCNNOC)CC(=O)O[C@H](c2ccc3scnc3c2)C[C@@H]2O[C@]2(C)CCC[C@H](C)[C@@H]1O. The molecule has 266 valence electrons. The Morgan fingerprint density at radius 2 is 2.02 bits per heavy atom. The third-order valence-corrected chi connectivity index (χ3v) is 10.8. The van der Waals surface area contributed by atoms with Crippen molar-refractivity contribution < 1.29 is 38.5 Å². The second-order valence-electron chi connectivity index (χ2n) is 14.0. The van der Waals surface area contributed by atoms with Crippen LogP contribution in [0.5, 0.6) is 0 Å². The number of nitrogens with zero attached hydrogens (tertiary/aromatic N) is 1. The zero-order valence-corrected chi connectivity index (χ0v) is 29.8. The van der Waals surface area contributed by atoms with Gasteiger partial charge in [-0.1, -0.05) is 31.9 Å². The lowest BCUT2D eigenvalue weighted by molar-refractivity contribution is -0.168. The van der Waals surface area contributed by atoms with Crippen LogP contribution < -0.4 is 11.0 Å². The number of carbonyl (C=O) groups excluding carboxylic acids is 3. The van der Waals surface area contributed by atoms with Crippen LogP contribution in [0.25, 0.3) is 10.2 Å². The molecule has 7 atom stereocenters. The molecule has 2 aromatic rings. The van der Waals surface area contributed by atoms with E-state index in [1.165, 1.54) is 18.4 Å². The zero-order chi connectivity index (χ0) is 34.9. The van der Waals surface area contributed by atoms with E-state index in [9.17, 15) is 19.5 Å². The van der Waals surface area contributed by atoms with Gasteiger partial charge < -0.3 is 19.3 Å². The molecule has 3 heterocycles. The van der Waals surface area contributed by atoms with Crippen molar-refractivity contribution in [3.05, 3.63) is 41.9 Å². The van der Waals surface area contributed by atoms with Gasteiger partial charge in [0.15, 0.2) is 0 Å². The molecule has 4 rings (SSSR count). The highest BCUT2D eigenvalue weighted by Crippen LogP contribution is 2.47. The van der Waals surface area contributed by atoms with E-state index < -0.39 is 41.6 Å². The van der Waals surface area contributed by atoms with E-state index in [1.54, 1.807) is 25.4 Å². The molecule has 12 heteroatoms. The summed E-state index contributed by atoms with van der Waals surface area (Å²) in [5.41, 5.74) is 7.19. The molecule has 2 aliphatic rings. The minimum atomic E-state index is -1.30. The average molecular weight is 688 g/mol. The van der Waals surface area contributed by atoms with Crippen LogP contribution in [-0.2, 0) is 33.4 Å². The maximum absolute atomic E-state index is 14.3. The lowest BCUT2D eigenvalue weighted by atomic mass is 9.71.